The quantitative estimate of drug-likeness (QED) is 0.170. The molecule has 5 rings (SSSR count). The number of carbonyl (C=O) groups is 1. The molecule has 8 heteroatoms. The third-order valence-corrected chi connectivity index (χ3v) is 5.95. The number of para-hydroxylation sites is 1. The van der Waals surface area contributed by atoms with Crippen LogP contribution in [0.15, 0.2) is 74.3 Å². The SMILES string of the molecule is COc1ccc(-c2c(C)c3cc(OC(=O)c4cc5cccc(OC)c5o4)ccc3oc2=O)cc1OC. The number of methoxy groups -OCH3 is 3. The summed E-state index contributed by atoms with van der Waals surface area (Å²) in [7, 11) is 4.59. The molecule has 0 bridgehead atoms. The van der Waals surface area contributed by atoms with Crippen LogP contribution in [0, 0.1) is 6.92 Å². The highest BCUT2D eigenvalue weighted by Gasteiger charge is 2.19. The van der Waals surface area contributed by atoms with Crippen LogP contribution in [0.5, 0.6) is 23.0 Å². The maximum atomic E-state index is 12.8. The summed E-state index contributed by atoms with van der Waals surface area (Å²) in [5.74, 6) is 1.20. The van der Waals surface area contributed by atoms with Crippen LogP contribution in [0.3, 0.4) is 0 Å². The highest BCUT2D eigenvalue weighted by atomic mass is 16.5. The molecule has 5 aromatic rings. The van der Waals surface area contributed by atoms with E-state index in [0.717, 1.165) is 5.39 Å². The van der Waals surface area contributed by atoms with Gasteiger partial charge in [0.1, 0.15) is 11.3 Å². The Morgan fingerprint density at radius 2 is 1.58 bits per heavy atom. The number of esters is 1. The number of hydrogen-bond acceptors (Lipinski definition) is 8. The summed E-state index contributed by atoms with van der Waals surface area (Å²) in [5, 5.41) is 1.34. The Kier molecular flexibility index (Phi) is 5.85. The molecular weight excluding hydrogens is 464 g/mol. The van der Waals surface area contributed by atoms with Gasteiger partial charge in [0.15, 0.2) is 22.8 Å². The third kappa shape index (κ3) is 3.92. The van der Waals surface area contributed by atoms with Gasteiger partial charge >= 0.3 is 11.6 Å². The van der Waals surface area contributed by atoms with E-state index in [1.54, 1.807) is 48.5 Å². The monoisotopic (exact) mass is 486 g/mol. The van der Waals surface area contributed by atoms with E-state index < -0.39 is 11.6 Å². The summed E-state index contributed by atoms with van der Waals surface area (Å²) >= 11 is 0. The first kappa shape index (κ1) is 23.0. The fraction of sp³-hybridized carbons (Fsp3) is 0.143. The molecule has 0 spiro atoms. The third-order valence-electron chi connectivity index (χ3n) is 5.95. The first-order chi connectivity index (χ1) is 17.4. The average Bonchev–Trinajstić information content (AvgIpc) is 3.34. The fourth-order valence-electron chi connectivity index (χ4n) is 4.17. The molecule has 0 saturated heterocycles. The molecule has 0 aliphatic rings. The number of benzene rings is 3. The van der Waals surface area contributed by atoms with Crippen molar-refractivity contribution < 1.29 is 32.6 Å². The maximum Gasteiger partial charge on any atom is 0.379 e. The van der Waals surface area contributed by atoms with E-state index in [2.05, 4.69) is 0 Å². The zero-order valence-corrected chi connectivity index (χ0v) is 20.0. The number of carbonyl (C=O) groups excluding carboxylic acids is 1. The lowest BCUT2D eigenvalue weighted by molar-refractivity contribution is 0.0704. The second-order valence-corrected chi connectivity index (χ2v) is 8.00. The van der Waals surface area contributed by atoms with Crippen LogP contribution in [0.2, 0.25) is 0 Å². The number of hydrogen-bond donors (Lipinski definition) is 0. The van der Waals surface area contributed by atoms with Crippen LogP contribution in [-0.2, 0) is 0 Å². The van der Waals surface area contributed by atoms with Crippen molar-refractivity contribution in [2.75, 3.05) is 21.3 Å². The minimum absolute atomic E-state index is 0.0388. The molecule has 182 valence electrons. The van der Waals surface area contributed by atoms with E-state index in [1.165, 1.54) is 21.3 Å². The van der Waals surface area contributed by atoms with Crippen molar-refractivity contribution >= 4 is 27.9 Å². The van der Waals surface area contributed by atoms with Crippen LogP contribution in [0.4, 0.5) is 0 Å². The molecule has 0 aliphatic heterocycles. The fourth-order valence-corrected chi connectivity index (χ4v) is 4.17. The smallest absolute Gasteiger partial charge is 0.379 e. The van der Waals surface area contributed by atoms with Gasteiger partial charge in [0.05, 0.1) is 26.9 Å². The van der Waals surface area contributed by atoms with Crippen LogP contribution in [-0.4, -0.2) is 27.3 Å². The average molecular weight is 486 g/mol. The Morgan fingerprint density at radius 1 is 0.806 bits per heavy atom. The van der Waals surface area contributed by atoms with E-state index in [-0.39, 0.29) is 11.5 Å². The Labute approximate surface area is 205 Å². The summed E-state index contributed by atoms with van der Waals surface area (Å²) in [6.45, 7) is 1.81. The van der Waals surface area contributed by atoms with Crippen molar-refractivity contribution in [1.29, 1.82) is 0 Å². The number of ether oxygens (including phenoxy) is 4. The van der Waals surface area contributed by atoms with Crippen molar-refractivity contribution in [3.8, 4) is 34.1 Å². The Hall–Kier alpha value is -4.72. The Balaban J connectivity index is 1.52. The predicted octanol–water partition coefficient (Wildman–Crippen LogP) is 5.76. The summed E-state index contributed by atoms with van der Waals surface area (Å²) in [6.07, 6.45) is 0. The molecule has 0 atom stereocenters. The van der Waals surface area contributed by atoms with Gasteiger partial charge in [-0.2, -0.15) is 0 Å². The van der Waals surface area contributed by atoms with Crippen LogP contribution >= 0.6 is 0 Å². The van der Waals surface area contributed by atoms with Crippen LogP contribution in [0.25, 0.3) is 33.1 Å². The van der Waals surface area contributed by atoms with Gasteiger partial charge in [-0.1, -0.05) is 18.2 Å². The molecular formula is C28H22O8. The second kappa shape index (κ2) is 9.14. The first-order valence-electron chi connectivity index (χ1n) is 11.0. The van der Waals surface area contributed by atoms with Gasteiger partial charge in [-0.3, -0.25) is 0 Å². The largest absolute Gasteiger partial charge is 0.493 e. The first-order valence-corrected chi connectivity index (χ1v) is 11.0. The highest BCUT2D eigenvalue weighted by Crippen LogP contribution is 2.35. The van der Waals surface area contributed by atoms with Crippen molar-refractivity contribution in [3.63, 3.8) is 0 Å². The molecule has 0 radical (unpaired) electrons. The molecule has 0 N–H and O–H groups in total. The topological polar surface area (TPSA) is 97.3 Å². The normalized spacial score (nSPS) is 11.0. The Bertz CT molecular complexity index is 1680. The van der Waals surface area contributed by atoms with Gasteiger partial charge in [-0.05, 0) is 60.5 Å². The van der Waals surface area contributed by atoms with Gasteiger partial charge in [-0.25, -0.2) is 9.59 Å². The number of fused-ring (bicyclic) bond motifs is 2. The highest BCUT2D eigenvalue weighted by molar-refractivity contribution is 5.96. The van der Waals surface area contributed by atoms with E-state index in [1.807, 2.05) is 19.1 Å². The molecule has 36 heavy (non-hydrogen) atoms. The molecule has 0 saturated carbocycles. The zero-order chi connectivity index (χ0) is 25.4. The van der Waals surface area contributed by atoms with Gasteiger partial charge in [0.2, 0.25) is 5.76 Å². The van der Waals surface area contributed by atoms with Crippen LogP contribution in [0.1, 0.15) is 16.1 Å². The van der Waals surface area contributed by atoms with Gasteiger partial charge in [-0.15, -0.1) is 0 Å². The number of rotatable bonds is 6. The summed E-state index contributed by atoms with van der Waals surface area (Å²) in [4.78, 5) is 25.7. The molecule has 0 fully saturated rings. The molecule has 0 amide bonds. The van der Waals surface area contributed by atoms with E-state index in [9.17, 15) is 9.59 Å². The summed E-state index contributed by atoms with van der Waals surface area (Å²) < 4.78 is 32.8. The van der Waals surface area contributed by atoms with E-state index >= 15 is 0 Å². The minimum atomic E-state index is -0.664. The molecule has 0 aliphatic carbocycles. The molecule has 3 aromatic carbocycles. The lowest BCUT2D eigenvalue weighted by atomic mass is 9.99. The van der Waals surface area contributed by atoms with Gasteiger partial charge in [0, 0.05) is 10.8 Å². The van der Waals surface area contributed by atoms with Crippen molar-refractivity contribution in [2.45, 2.75) is 6.92 Å². The predicted molar refractivity (Wildman–Crippen MR) is 133 cm³/mol. The van der Waals surface area contributed by atoms with Crippen molar-refractivity contribution in [3.05, 3.63) is 82.4 Å². The molecule has 0 unspecified atom stereocenters. The van der Waals surface area contributed by atoms with E-state index in [0.29, 0.717) is 50.5 Å². The summed E-state index contributed by atoms with van der Waals surface area (Å²) in [6, 6.07) is 17.0. The lowest BCUT2D eigenvalue weighted by Crippen LogP contribution is -2.08. The molecule has 8 nitrogen and oxygen atoms in total. The van der Waals surface area contributed by atoms with Crippen LogP contribution < -0.4 is 24.6 Å². The minimum Gasteiger partial charge on any atom is -0.493 e. The number of furan rings is 1. The van der Waals surface area contributed by atoms with Crippen molar-refractivity contribution in [1.82, 2.24) is 0 Å². The lowest BCUT2D eigenvalue weighted by Gasteiger charge is -2.12. The zero-order valence-electron chi connectivity index (χ0n) is 20.0. The standard InChI is InChI=1S/C28H22O8/c1-15-19-14-18(34-27(29)24-13-17-6-5-7-22(32-3)26(17)35-24)9-11-20(19)36-28(30)25(15)16-8-10-21(31-2)23(12-16)33-4/h5-14H,1-4H3. The molecule has 2 heterocycles. The maximum absolute atomic E-state index is 12.8. The second-order valence-electron chi connectivity index (χ2n) is 8.00. The summed E-state index contributed by atoms with van der Waals surface area (Å²) in [5.41, 5.74) is 1.99. The van der Waals surface area contributed by atoms with Crippen molar-refractivity contribution in [2.24, 2.45) is 0 Å². The Morgan fingerprint density at radius 3 is 2.33 bits per heavy atom. The molecule has 2 aromatic heterocycles. The van der Waals surface area contributed by atoms with E-state index in [4.69, 9.17) is 27.8 Å². The van der Waals surface area contributed by atoms with Gasteiger partial charge in [0.25, 0.3) is 0 Å². The number of aryl methyl sites for hydroxylation is 1. The van der Waals surface area contributed by atoms with Gasteiger partial charge < -0.3 is 27.8 Å².